The van der Waals surface area contributed by atoms with Crippen molar-refractivity contribution in [3.63, 3.8) is 0 Å². The zero-order valence-corrected chi connectivity index (χ0v) is 13.2. The molecule has 0 saturated heterocycles. The van der Waals surface area contributed by atoms with Crippen LogP contribution in [-0.4, -0.2) is 45.7 Å². The van der Waals surface area contributed by atoms with Gasteiger partial charge in [-0.1, -0.05) is 11.8 Å². The molecular weight excluding hydrogens is 280 g/mol. The number of aromatic nitrogens is 3. The number of H-pyrrole nitrogens is 1. The Bertz CT molecular complexity index is 499. The minimum atomic E-state index is -0.726. The van der Waals surface area contributed by atoms with Gasteiger partial charge in [0.25, 0.3) is 0 Å². The number of carbonyl (C=O) groups is 1. The zero-order valence-electron chi connectivity index (χ0n) is 12.4. The van der Waals surface area contributed by atoms with Gasteiger partial charge in [-0.15, -0.1) is 5.10 Å². The summed E-state index contributed by atoms with van der Waals surface area (Å²) in [7, 11) is 1.73. The Hall–Kier alpha value is -1.28. The molecule has 0 radical (unpaired) electrons. The summed E-state index contributed by atoms with van der Waals surface area (Å²) in [5, 5.41) is 10.0. The van der Waals surface area contributed by atoms with E-state index >= 15 is 0 Å². The Kier molecular flexibility index (Phi) is 6.28. The summed E-state index contributed by atoms with van der Waals surface area (Å²) in [6.07, 6.45) is 0.581. The molecule has 1 atom stereocenters. The number of hydrogen-bond acceptors (Lipinski definition) is 6. The second-order valence-electron chi connectivity index (χ2n) is 4.46. The lowest BCUT2D eigenvalue weighted by Crippen LogP contribution is -2.49. The minimum Gasteiger partial charge on any atom is -0.465 e. The number of carbonyl (C=O) groups excluding carboxylic acids is 1. The summed E-state index contributed by atoms with van der Waals surface area (Å²) >= 11 is 1.44. The van der Waals surface area contributed by atoms with Crippen LogP contribution in [0.5, 0.6) is 0 Å². The predicted molar refractivity (Wildman–Crippen MR) is 78.0 cm³/mol. The van der Waals surface area contributed by atoms with E-state index in [0.717, 1.165) is 0 Å². The third-order valence-corrected chi connectivity index (χ3v) is 4.13. The second kappa shape index (κ2) is 7.49. The first-order valence-electron chi connectivity index (χ1n) is 6.62. The van der Waals surface area contributed by atoms with Crippen LogP contribution in [0.15, 0.2) is 9.95 Å². The van der Waals surface area contributed by atoms with Gasteiger partial charge < -0.3 is 10.1 Å². The Balaban J connectivity index is 2.61. The van der Waals surface area contributed by atoms with Crippen molar-refractivity contribution < 1.29 is 9.53 Å². The van der Waals surface area contributed by atoms with E-state index in [9.17, 15) is 9.59 Å². The predicted octanol–water partition coefficient (Wildman–Crippen LogP) is 0.615. The molecule has 2 N–H and O–H groups in total. The van der Waals surface area contributed by atoms with Crippen molar-refractivity contribution in [1.82, 2.24) is 20.1 Å². The Morgan fingerprint density at radius 3 is 2.80 bits per heavy atom. The summed E-state index contributed by atoms with van der Waals surface area (Å²) in [6, 6.07) is 0. The highest BCUT2D eigenvalue weighted by Gasteiger charge is 2.32. The number of nitrogens with one attached hydrogen (secondary N) is 2. The van der Waals surface area contributed by atoms with Crippen molar-refractivity contribution in [1.29, 1.82) is 0 Å². The second-order valence-corrected chi connectivity index (χ2v) is 5.52. The number of rotatable bonds is 8. The van der Waals surface area contributed by atoms with Crippen molar-refractivity contribution in [2.24, 2.45) is 0 Å². The van der Waals surface area contributed by atoms with Crippen LogP contribution in [0.4, 0.5) is 0 Å². The molecule has 0 aromatic carbocycles. The molecule has 0 aliphatic rings. The van der Waals surface area contributed by atoms with E-state index in [1.165, 1.54) is 11.8 Å². The van der Waals surface area contributed by atoms with Crippen LogP contribution >= 0.6 is 11.8 Å². The number of hydrogen-bond donors (Lipinski definition) is 2. The molecule has 0 amide bonds. The first-order chi connectivity index (χ1) is 9.48. The van der Waals surface area contributed by atoms with Crippen molar-refractivity contribution in [3.8, 4) is 0 Å². The molecular formula is C12H22N4O3S. The van der Waals surface area contributed by atoms with Gasteiger partial charge in [0.1, 0.15) is 5.54 Å². The number of esters is 1. The Morgan fingerprint density at radius 2 is 2.25 bits per heavy atom. The molecule has 0 bridgehead atoms. The topological polar surface area (TPSA) is 89.0 Å². The van der Waals surface area contributed by atoms with E-state index in [1.54, 1.807) is 18.5 Å². The number of thioether (sulfide) groups is 1. The fourth-order valence-electron chi connectivity index (χ4n) is 1.66. The molecule has 1 heterocycles. The lowest BCUT2D eigenvalue weighted by molar-refractivity contribution is -0.150. The quantitative estimate of drug-likeness (QED) is 0.540. The molecule has 0 saturated carbocycles. The highest BCUT2D eigenvalue weighted by molar-refractivity contribution is 7.99. The summed E-state index contributed by atoms with van der Waals surface area (Å²) in [4.78, 5) is 23.3. The first-order valence-corrected chi connectivity index (χ1v) is 7.61. The van der Waals surface area contributed by atoms with Crippen molar-refractivity contribution in [3.05, 3.63) is 10.5 Å². The molecule has 114 valence electrons. The summed E-state index contributed by atoms with van der Waals surface area (Å²) in [5.41, 5.74) is -0.937. The van der Waals surface area contributed by atoms with Gasteiger partial charge in [0.15, 0.2) is 5.16 Å². The lowest BCUT2D eigenvalue weighted by Gasteiger charge is -2.26. The molecule has 1 aromatic heterocycles. The molecule has 1 rings (SSSR count). The SMILES string of the molecule is CCOC(=O)C(C)(CCSc1n[nH]c(=O)n1CC)NC. The normalized spacial score (nSPS) is 14.0. The van der Waals surface area contributed by atoms with Gasteiger partial charge in [0.2, 0.25) is 0 Å². The number of nitrogens with zero attached hydrogens (tertiary/aromatic N) is 2. The molecule has 8 heteroatoms. The number of aromatic amines is 1. The smallest absolute Gasteiger partial charge is 0.343 e. The van der Waals surface area contributed by atoms with E-state index in [0.29, 0.717) is 30.5 Å². The van der Waals surface area contributed by atoms with Gasteiger partial charge in [-0.2, -0.15) is 0 Å². The molecule has 0 aliphatic carbocycles. The molecule has 1 aromatic rings. The van der Waals surface area contributed by atoms with Crippen LogP contribution < -0.4 is 11.0 Å². The maximum Gasteiger partial charge on any atom is 0.343 e. The van der Waals surface area contributed by atoms with Crippen LogP contribution in [-0.2, 0) is 16.1 Å². The standard InChI is InChI=1S/C12H22N4O3S/c1-5-16-10(18)14-15-11(16)20-8-7-12(3,13-4)9(17)19-6-2/h13H,5-8H2,1-4H3,(H,14,18). The van der Waals surface area contributed by atoms with Crippen LogP contribution in [0.1, 0.15) is 27.2 Å². The zero-order chi connectivity index (χ0) is 15.2. The van der Waals surface area contributed by atoms with Gasteiger partial charge >= 0.3 is 11.7 Å². The monoisotopic (exact) mass is 302 g/mol. The molecule has 0 spiro atoms. The maximum atomic E-state index is 11.9. The van der Waals surface area contributed by atoms with Gasteiger partial charge in [0.05, 0.1) is 6.61 Å². The average Bonchev–Trinajstić information content (AvgIpc) is 2.79. The summed E-state index contributed by atoms with van der Waals surface area (Å²) in [6.45, 7) is 6.41. The highest BCUT2D eigenvalue weighted by atomic mass is 32.2. The van der Waals surface area contributed by atoms with Crippen LogP contribution in [0.25, 0.3) is 0 Å². The van der Waals surface area contributed by atoms with E-state index in [-0.39, 0.29) is 11.7 Å². The fraction of sp³-hybridized carbons (Fsp3) is 0.750. The van der Waals surface area contributed by atoms with Crippen molar-refractivity contribution in [2.75, 3.05) is 19.4 Å². The minimum absolute atomic E-state index is 0.211. The largest absolute Gasteiger partial charge is 0.465 e. The Labute approximate surface area is 122 Å². The molecule has 1 unspecified atom stereocenters. The van der Waals surface area contributed by atoms with Crippen molar-refractivity contribution >= 4 is 17.7 Å². The third kappa shape index (κ3) is 3.86. The van der Waals surface area contributed by atoms with E-state index in [2.05, 4.69) is 15.5 Å². The van der Waals surface area contributed by atoms with Crippen molar-refractivity contribution in [2.45, 2.75) is 44.4 Å². The Morgan fingerprint density at radius 1 is 1.55 bits per heavy atom. The van der Waals surface area contributed by atoms with Crippen LogP contribution in [0, 0.1) is 0 Å². The molecule has 0 fully saturated rings. The van der Waals surface area contributed by atoms with Crippen LogP contribution in [0.3, 0.4) is 0 Å². The van der Waals surface area contributed by atoms with E-state index in [4.69, 9.17) is 4.74 Å². The molecule has 7 nitrogen and oxygen atoms in total. The van der Waals surface area contributed by atoms with Gasteiger partial charge in [-0.3, -0.25) is 9.36 Å². The molecule has 20 heavy (non-hydrogen) atoms. The van der Waals surface area contributed by atoms with E-state index in [1.807, 2.05) is 13.8 Å². The molecule has 0 aliphatic heterocycles. The highest BCUT2D eigenvalue weighted by Crippen LogP contribution is 2.20. The average molecular weight is 302 g/mol. The lowest BCUT2D eigenvalue weighted by atomic mass is 10.00. The third-order valence-electron chi connectivity index (χ3n) is 3.15. The number of ether oxygens (including phenoxy) is 1. The maximum absolute atomic E-state index is 11.9. The van der Waals surface area contributed by atoms with Gasteiger partial charge in [0, 0.05) is 12.3 Å². The van der Waals surface area contributed by atoms with Gasteiger partial charge in [-0.05, 0) is 34.2 Å². The van der Waals surface area contributed by atoms with Gasteiger partial charge in [-0.25, -0.2) is 9.89 Å². The van der Waals surface area contributed by atoms with Crippen LogP contribution in [0.2, 0.25) is 0 Å². The van der Waals surface area contributed by atoms with E-state index < -0.39 is 5.54 Å². The first kappa shape index (κ1) is 16.8. The number of likely N-dealkylation sites (N-methyl/N-ethyl adjacent to an activating group) is 1. The summed E-state index contributed by atoms with van der Waals surface area (Å²) < 4.78 is 6.62. The fourth-order valence-corrected chi connectivity index (χ4v) is 2.83. The summed E-state index contributed by atoms with van der Waals surface area (Å²) in [5.74, 6) is 0.387.